The maximum Gasteiger partial charge on any atom is 0.0721 e. The van der Waals surface area contributed by atoms with Crippen LogP contribution in [0.5, 0.6) is 0 Å². The number of halogens is 1. The molecule has 2 unspecified atom stereocenters. The zero-order valence-corrected chi connectivity index (χ0v) is 10.7. The van der Waals surface area contributed by atoms with Crippen molar-refractivity contribution in [3.63, 3.8) is 0 Å². The SMILES string of the molecule is CC1CCCC1(O)Cc1cc(Br)cs1. The number of hydrogen-bond donors (Lipinski definition) is 1. The van der Waals surface area contributed by atoms with E-state index in [0.29, 0.717) is 5.92 Å². The van der Waals surface area contributed by atoms with Crippen LogP contribution in [0.15, 0.2) is 15.9 Å². The van der Waals surface area contributed by atoms with Crippen LogP contribution in [0.2, 0.25) is 0 Å². The topological polar surface area (TPSA) is 20.2 Å². The molecule has 1 saturated carbocycles. The lowest BCUT2D eigenvalue weighted by Crippen LogP contribution is -2.33. The van der Waals surface area contributed by atoms with Crippen molar-refractivity contribution < 1.29 is 5.11 Å². The zero-order valence-electron chi connectivity index (χ0n) is 8.29. The summed E-state index contributed by atoms with van der Waals surface area (Å²) >= 11 is 5.17. The summed E-state index contributed by atoms with van der Waals surface area (Å²) in [6.45, 7) is 2.16. The second-order valence-electron chi connectivity index (χ2n) is 4.30. The zero-order chi connectivity index (χ0) is 10.2. The monoisotopic (exact) mass is 274 g/mol. The summed E-state index contributed by atoms with van der Waals surface area (Å²) < 4.78 is 1.13. The van der Waals surface area contributed by atoms with Crippen molar-refractivity contribution >= 4 is 27.3 Å². The molecule has 0 bridgehead atoms. The largest absolute Gasteiger partial charge is 0.389 e. The van der Waals surface area contributed by atoms with E-state index in [2.05, 4.69) is 34.3 Å². The molecule has 2 rings (SSSR count). The maximum absolute atomic E-state index is 10.4. The van der Waals surface area contributed by atoms with E-state index in [9.17, 15) is 5.11 Å². The van der Waals surface area contributed by atoms with E-state index in [-0.39, 0.29) is 0 Å². The second-order valence-corrected chi connectivity index (χ2v) is 6.22. The standard InChI is InChI=1S/C11H15BrOS/c1-8-3-2-4-11(8,13)6-10-5-9(12)7-14-10/h5,7-8,13H,2-4,6H2,1H3. The molecule has 0 aromatic carbocycles. The number of aliphatic hydroxyl groups is 1. The maximum atomic E-state index is 10.4. The molecule has 0 saturated heterocycles. The van der Waals surface area contributed by atoms with Crippen LogP contribution >= 0.6 is 27.3 Å². The second kappa shape index (κ2) is 3.95. The van der Waals surface area contributed by atoms with E-state index in [1.165, 1.54) is 17.7 Å². The van der Waals surface area contributed by atoms with E-state index in [1.54, 1.807) is 11.3 Å². The average Bonchev–Trinajstić information content (AvgIpc) is 2.62. The lowest BCUT2D eigenvalue weighted by molar-refractivity contribution is 0.0103. The molecule has 1 fully saturated rings. The number of thiophene rings is 1. The van der Waals surface area contributed by atoms with Crippen LogP contribution in [-0.2, 0) is 6.42 Å². The Balaban J connectivity index is 2.10. The van der Waals surface area contributed by atoms with E-state index in [0.717, 1.165) is 17.3 Å². The van der Waals surface area contributed by atoms with Gasteiger partial charge >= 0.3 is 0 Å². The average molecular weight is 275 g/mol. The molecule has 2 atom stereocenters. The van der Waals surface area contributed by atoms with E-state index in [1.807, 2.05) is 0 Å². The van der Waals surface area contributed by atoms with E-state index < -0.39 is 5.60 Å². The smallest absolute Gasteiger partial charge is 0.0721 e. The highest BCUT2D eigenvalue weighted by Crippen LogP contribution is 2.39. The Morgan fingerprint density at radius 2 is 2.50 bits per heavy atom. The molecule has 1 aliphatic carbocycles. The summed E-state index contributed by atoms with van der Waals surface area (Å²) in [7, 11) is 0. The molecular formula is C11H15BrOS. The Kier molecular flexibility index (Phi) is 3.01. The molecule has 3 heteroatoms. The van der Waals surface area contributed by atoms with Gasteiger partial charge in [-0.2, -0.15) is 0 Å². The van der Waals surface area contributed by atoms with Gasteiger partial charge in [-0.05, 0) is 40.8 Å². The van der Waals surface area contributed by atoms with Crippen LogP contribution in [-0.4, -0.2) is 10.7 Å². The first kappa shape index (κ1) is 10.7. The van der Waals surface area contributed by atoms with Crippen LogP contribution < -0.4 is 0 Å². The Bertz CT molecular complexity index is 323. The molecule has 1 N–H and O–H groups in total. The summed E-state index contributed by atoms with van der Waals surface area (Å²) in [5.41, 5.74) is -0.440. The predicted octanol–water partition coefficient (Wildman–Crippen LogP) is 3.60. The van der Waals surface area contributed by atoms with Crippen molar-refractivity contribution in [3.8, 4) is 0 Å². The molecule has 0 spiro atoms. The minimum absolute atomic E-state index is 0.440. The minimum atomic E-state index is -0.440. The van der Waals surface area contributed by atoms with Gasteiger partial charge in [0.2, 0.25) is 0 Å². The van der Waals surface area contributed by atoms with Gasteiger partial charge < -0.3 is 5.11 Å². The van der Waals surface area contributed by atoms with Crippen LogP contribution in [0.4, 0.5) is 0 Å². The van der Waals surface area contributed by atoms with Gasteiger partial charge in [0.15, 0.2) is 0 Å². The molecule has 78 valence electrons. The Morgan fingerprint density at radius 1 is 1.71 bits per heavy atom. The van der Waals surface area contributed by atoms with Crippen LogP contribution in [0.3, 0.4) is 0 Å². The molecule has 1 aliphatic rings. The molecule has 0 radical (unpaired) electrons. The molecule has 0 amide bonds. The van der Waals surface area contributed by atoms with Gasteiger partial charge in [0.05, 0.1) is 5.60 Å². The first-order valence-electron chi connectivity index (χ1n) is 5.05. The molecule has 14 heavy (non-hydrogen) atoms. The van der Waals surface area contributed by atoms with Gasteiger partial charge in [-0.1, -0.05) is 13.3 Å². The van der Waals surface area contributed by atoms with Crippen molar-refractivity contribution in [2.24, 2.45) is 5.92 Å². The highest BCUT2D eigenvalue weighted by Gasteiger charge is 2.38. The lowest BCUT2D eigenvalue weighted by atomic mass is 9.88. The molecule has 1 nitrogen and oxygen atoms in total. The van der Waals surface area contributed by atoms with Crippen LogP contribution in [0.25, 0.3) is 0 Å². The van der Waals surface area contributed by atoms with Crippen molar-refractivity contribution in [3.05, 3.63) is 20.8 Å². The minimum Gasteiger partial charge on any atom is -0.389 e. The van der Waals surface area contributed by atoms with E-state index >= 15 is 0 Å². The Morgan fingerprint density at radius 3 is 3.00 bits per heavy atom. The Labute approximate surface area is 97.3 Å². The molecule has 1 heterocycles. The number of rotatable bonds is 2. The van der Waals surface area contributed by atoms with Gasteiger partial charge in [-0.15, -0.1) is 11.3 Å². The summed E-state index contributed by atoms with van der Waals surface area (Å²) in [4.78, 5) is 1.29. The lowest BCUT2D eigenvalue weighted by Gasteiger charge is -2.26. The fourth-order valence-electron chi connectivity index (χ4n) is 2.24. The Hall–Kier alpha value is 0.140. The normalized spacial score (nSPS) is 32.4. The summed E-state index contributed by atoms with van der Waals surface area (Å²) in [5, 5.41) is 12.5. The molecule has 1 aromatic rings. The first-order chi connectivity index (χ1) is 6.60. The van der Waals surface area contributed by atoms with Gasteiger partial charge in [-0.3, -0.25) is 0 Å². The summed E-state index contributed by atoms with van der Waals surface area (Å²) in [5.74, 6) is 0.448. The third-order valence-corrected chi connectivity index (χ3v) is 4.96. The van der Waals surface area contributed by atoms with Gasteiger partial charge in [0.1, 0.15) is 0 Å². The summed E-state index contributed by atoms with van der Waals surface area (Å²) in [6, 6.07) is 2.12. The predicted molar refractivity (Wildman–Crippen MR) is 63.7 cm³/mol. The van der Waals surface area contributed by atoms with Crippen LogP contribution in [0.1, 0.15) is 31.1 Å². The number of hydrogen-bond acceptors (Lipinski definition) is 2. The van der Waals surface area contributed by atoms with E-state index in [4.69, 9.17) is 0 Å². The third kappa shape index (κ3) is 2.05. The van der Waals surface area contributed by atoms with Crippen LogP contribution in [0, 0.1) is 5.92 Å². The quantitative estimate of drug-likeness (QED) is 0.874. The summed E-state index contributed by atoms with van der Waals surface area (Å²) in [6.07, 6.45) is 4.13. The fourth-order valence-corrected chi connectivity index (χ4v) is 3.81. The van der Waals surface area contributed by atoms with Gasteiger partial charge in [0, 0.05) is 21.2 Å². The highest BCUT2D eigenvalue weighted by atomic mass is 79.9. The third-order valence-electron chi connectivity index (χ3n) is 3.27. The molecule has 1 aromatic heterocycles. The van der Waals surface area contributed by atoms with Gasteiger partial charge in [0.25, 0.3) is 0 Å². The van der Waals surface area contributed by atoms with Crippen molar-refractivity contribution in [2.45, 2.75) is 38.2 Å². The van der Waals surface area contributed by atoms with Crippen molar-refractivity contribution in [2.75, 3.05) is 0 Å². The highest BCUT2D eigenvalue weighted by molar-refractivity contribution is 9.10. The first-order valence-corrected chi connectivity index (χ1v) is 6.73. The van der Waals surface area contributed by atoms with Crippen molar-refractivity contribution in [1.82, 2.24) is 0 Å². The van der Waals surface area contributed by atoms with Gasteiger partial charge in [-0.25, -0.2) is 0 Å². The molecular weight excluding hydrogens is 260 g/mol. The fraction of sp³-hybridized carbons (Fsp3) is 0.636. The van der Waals surface area contributed by atoms with Crippen molar-refractivity contribution in [1.29, 1.82) is 0 Å². The molecule has 0 aliphatic heterocycles.